The Bertz CT molecular complexity index is 2900. The van der Waals surface area contributed by atoms with E-state index in [2.05, 4.69) is 47.9 Å². The van der Waals surface area contributed by atoms with E-state index in [1.807, 2.05) is 91.0 Å². The van der Waals surface area contributed by atoms with Gasteiger partial charge in [-0.1, -0.05) is 102 Å². The Morgan fingerprint density at radius 1 is 0.456 bits per heavy atom. The van der Waals surface area contributed by atoms with Crippen LogP contribution in [0, 0.1) is 6.92 Å². The molecule has 0 amide bonds. The molecule has 278 valence electrons. The van der Waals surface area contributed by atoms with Crippen LogP contribution in [0.1, 0.15) is 43.0 Å². The molecule has 0 spiro atoms. The molecule has 0 unspecified atom stereocenters. The minimum atomic E-state index is -4.46. The Morgan fingerprint density at radius 2 is 0.895 bits per heavy atom. The molecule has 9 heteroatoms. The van der Waals surface area contributed by atoms with E-state index >= 15 is 9.59 Å². The van der Waals surface area contributed by atoms with Crippen molar-refractivity contribution in [2.24, 2.45) is 0 Å². The van der Waals surface area contributed by atoms with Crippen LogP contribution < -0.4 is 10.6 Å². The van der Waals surface area contributed by atoms with Crippen LogP contribution >= 0.6 is 23.5 Å². The number of carbonyl (C=O) groups excluding carboxylic acids is 2. The summed E-state index contributed by atoms with van der Waals surface area (Å²) in [6, 6.07) is 47.6. The molecule has 0 saturated carbocycles. The highest BCUT2D eigenvalue weighted by atomic mass is 32.2. The lowest BCUT2D eigenvalue weighted by molar-refractivity contribution is -0.137. The summed E-state index contributed by atoms with van der Waals surface area (Å²) >= 11 is 2.73. The Kier molecular flexibility index (Phi) is 9.35. The molecule has 0 atom stereocenters. The van der Waals surface area contributed by atoms with Gasteiger partial charge in [0.2, 0.25) is 0 Å². The number of rotatable bonds is 8. The highest BCUT2D eigenvalue weighted by molar-refractivity contribution is 7.99. The molecule has 0 aliphatic heterocycles. The normalized spacial score (nSPS) is 12.4. The van der Waals surface area contributed by atoms with Crippen LogP contribution in [0.4, 0.5) is 35.9 Å². The molecule has 0 saturated heterocycles. The standard InChI is InChI=1S/C48H31F3N2O2S2/c1-28-12-13-31-26-36(18-15-29(31)24-28)56-40-22-20-38(52-34-8-4-2-5-9-34)42-44(40)46(54)43-39(53-35-10-6-3-7-11-35)21-23-41(45(43)47(42)55)57-37-19-16-30-25-33(48(49,50)51)17-14-32(30)27-37/h2-27,52-53H,1H3. The van der Waals surface area contributed by atoms with Gasteiger partial charge in [-0.05, 0) is 113 Å². The summed E-state index contributed by atoms with van der Waals surface area (Å²) in [5.41, 5.74) is 4.04. The van der Waals surface area contributed by atoms with Gasteiger partial charge in [0.05, 0.1) is 28.1 Å². The molecule has 8 aromatic carbocycles. The monoisotopic (exact) mass is 788 g/mol. The van der Waals surface area contributed by atoms with Crippen molar-refractivity contribution >= 4 is 79.4 Å². The van der Waals surface area contributed by atoms with Gasteiger partial charge in [-0.25, -0.2) is 0 Å². The Morgan fingerprint density at radius 3 is 1.39 bits per heavy atom. The second-order valence-corrected chi connectivity index (χ2v) is 16.0. The van der Waals surface area contributed by atoms with E-state index in [0.717, 1.165) is 39.2 Å². The predicted octanol–water partition coefficient (Wildman–Crippen LogP) is 13.9. The smallest absolute Gasteiger partial charge is 0.355 e. The van der Waals surface area contributed by atoms with Crippen LogP contribution in [0.15, 0.2) is 177 Å². The van der Waals surface area contributed by atoms with Gasteiger partial charge in [-0.15, -0.1) is 0 Å². The fraction of sp³-hybridized carbons (Fsp3) is 0.0417. The summed E-state index contributed by atoms with van der Waals surface area (Å²) < 4.78 is 40.4. The van der Waals surface area contributed by atoms with E-state index in [0.29, 0.717) is 42.4 Å². The predicted molar refractivity (Wildman–Crippen MR) is 225 cm³/mol. The van der Waals surface area contributed by atoms with Crippen molar-refractivity contribution in [3.8, 4) is 0 Å². The van der Waals surface area contributed by atoms with Gasteiger partial charge >= 0.3 is 6.18 Å². The molecule has 2 N–H and O–H groups in total. The largest absolute Gasteiger partial charge is 0.416 e. The molecule has 0 fully saturated rings. The zero-order chi connectivity index (χ0) is 39.3. The third kappa shape index (κ3) is 7.16. The maximum absolute atomic E-state index is 15.3. The number of para-hydroxylation sites is 2. The van der Waals surface area contributed by atoms with Crippen molar-refractivity contribution in [1.82, 2.24) is 0 Å². The molecule has 0 heterocycles. The van der Waals surface area contributed by atoms with Crippen molar-refractivity contribution in [1.29, 1.82) is 0 Å². The summed E-state index contributed by atoms with van der Waals surface area (Å²) in [5, 5.41) is 10.1. The van der Waals surface area contributed by atoms with Crippen LogP contribution in [0.5, 0.6) is 0 Å². The average molecular weight is 789 g/mol. The zero-order valence-electron chi connectivity index (χ0n) is 30.3. The van der Waals surface area contributed by atoms with Crippen LogP contribution in [-0.2, 0) is 6.18 Å². The molecule has 0 bridgehead atoms. The lowest BCUT2D eigenvalue weighted by Gasteiger charge is -2.27. The number of hydrogen-bond acceptors (Lipinski definition) is 6. The third-order valence-corrected chi connectivity index (χ3v) is 12.0. The van der Waals surface area contributed by atoms with E-state index in [4.69, 9.17) is 0 Å². The first-order valence-electron chi connectivity index (χ1n) is 18.1. The summed E-state index contributed by atoms with van der Waals surface area (Å²) in [7, 11) is 0. The number of anilines is 4. The summed E-state index contributed by atoms with van der Waals surface area (Å²) in [4.78, 5) is 33.4. The fourth-order valence-corrected chi connectivity index (χ4v) is 9.21. The molecule has 0 aromatic heterocycles. The van der Waals surface area contributed by atoms with Crippen molar-refractivity contribution in [2.45, 2.75) is 32.7 Å². The molecule has 9 rings (SSSR count). The summed E-state index contributed by atoms with van der Waals surface area (Å²) in [6.45, 7) is 2.06. The minimum absolute atomic E-state index is 0.254. The van der Waals surface area contributed by atoms with E-state index in [-0.39, 0.29) is 28.3 Å². The highest BCUT2D eigenvalue weighted by Gasteiger charge is 2.38. The van der Waals surface area contributed by atoms with Gasteiger partial charge in [0.1, 0.15) is 0 Å². The van der Waals surface area contributed by atoms with Crippen molar-refractivity contribution in [2.75, 3.05) is 10.6 Å². The van der Waals surface area contributed by atoms with Crippen molar-refractivity contribution in [3.63, 3.8) is 0 Å². The topological polar surface area (TPSA) is 58.2 Å². The number of hydrogen-bond donors (Lipinski definition) is 2. The summed E-state index contributed by atoms with van der Waals surface area (Å²) in [6.07, 6.45) is -4.46. The average Bonchev–Trinajstić information content (AvgIpc) is 3.21. The zero-order valence-corrected chi connectivity index (χ0v) is 31.9. The molecular weight excluding hydrogens is 758 g/mol. The van der Waals surface area contributed by atoms with Gasteiger partial charge in [-0.2, -0.15) is 13.2 Å². The highest BCUT2D eigenvalue weighted by Crippen LogP contribution is 2.47. The van der Waals surface area contributed by atoms with Gasteiger partial charge < -0.3 is 10.6 Å². The van der Waals surface area contributed by atoms with Gasteiger partial charge in [0, 0.05) is 42.1 Å². The molecule has 8 aromatic rings. The number of fused-ring (bicyclic) bond motifs is 4. The third-order valence-electron chi connectivity index (χ3n) is 9.91. The second kappa shape index (κ2) is 14.7. The lowest BCUT2D eigenvalue weighted by atomic mass is 9.82. The molecular formula is C48H31F3N2O2S2. The number of ketones is 2. The molecule has 1 aliphatic rings. The number of halogens is 3. The Balaban J connectivity index is 1.19. The maximum atomic E-state index is 15.3. The number of nitrogens with one attached hydrogen (secondary N) is 2. The maximum Gasteiger partial charge on any atom is 0.416 e. The van der Waals surface area contributed by atoms with Crippen LogP contribution in [-0.4, -0.2) is 11.6 Å². The van der Waals surface area contributed by atoms with Crippen LogP contribution in [0.3, 0.4) is 0 Å². The molecule has 57 heavy (non-hydrogen) atoms. The number of aryl methyl sites for hydroxylation is 1. The first kappa shape index (κ1) is 36.4. The number of alkyl halides is 3. The minimum Gasteiger partial charge on any atom is -0.355 e. The Labute approximate surface area is 335 Å². The van der Waals surface area contributed by atoms with E-state index in [9.17, 15) is 13.2 Å². The molecule has 1 aliphatic carbocycles. The first-order chi connectivity index (χ1) is 27.6. The van der Waals surface area contributed by atoms with Crippen LogP contribution in [0.25, 0.3) is 21.5 Å². The summed E-state index contributed by atoms with van der Waals surface area (Å²) in [5.74, 6) is -0.612. The molecule has 0 radical (unpaired) electrons. The Hall–Kier alpha value is -6.29. The second-order valence-electron chi connectivity index (χ2n) is 13.8. The fourth-order valence-electron chi connectivity index (χ4n) is 7.20. The van der Waals surface area contributed by atoms with E-state index < -0.39 is 11.7 Å². The van der Waals surface area contributed by atoms with Crippen molar-refractivity contribution < 1.29 is 22.8 Å². The lowest BCUT2D eigenvalue weighted by Crippen LogP contribution is -2.25. The first-order valence-corrected chi connectivity index (χ1v) is 19.8. The van der Waals surface area contributed by atoms with E-state index in [1.54, 1.807) is 18.2 Å². The van der Waals surface area contributed by atoms with Gasteiger partial charge in [0.25, 0.3) is 0 Å². The van der Waals surface area contributed by atoms with Gasteiger partial charge in [0.15, 0.2) is 11.6 Å². The number of benzene rings is 8. The molecule has 4 nitrogen and oxygen atoms in total. The quantitative estimate of drug-likeness (QED) is 0.160. The van der Waals surface area contributed by atoms with Gasteiger partial charge in [-0.3, -0.25) is 9.59 Å². The number of carbonyl (C=O) groups is 2. The van der Waals surface area contributed by atoms with Crippen molar-refractivity contribution in [3.05, 3.63) is 191 Å². The van der Waals surface area contributed by atoms with E-state index in [1.165, 1.54) is 35.2 Å². The SMILES string of the molecule is Cc1ccc2cc(Sc3ccc(Nc4ccccc4)c4c3C(=O)c3c(Nc5ccccc5)ccc(Sc5ccc6cc(C(F)(F)F)ccc6c5)c3C4=O)ccc2c1. The van der Waals surface area contributed by atoms with Crippen LogP contribution in [0.2, 0.25) is 0 Å².